The van der Waals surface area contributed by atoms with Crippen molar-refractivity contribution in [2.75, 3.05) is 13.7 Å². The number of aryl methyl sites for hydroxylation is 1. The number of fused-ring (bicyclic) bond motifs is 7. The first-order valence-electron chi connectivity index (χ1n) is 10.7. The van der Waals surface area contributed by atoms with E-state index in [2.05, 4.69) is 41.8 Å². The maximum atomic E-state index is 13.2. The summed E-state index contributed by atoms with van der Waals surface area (Å²) in [7, 11) is 3.70. The third-order valence-electron chi connectivity index (χ3n) is 6.15. The molecule has 4 aromatic carbocycles. The van der Waals surface area contributed by atoms with E-state index in [4.69, 9.17) is 9.47 Å². The molecule has 5 rings (SSSR count). The zero-order chi connectivity index (χ0) is 21.5. The number of benzene rings is 4. The highest BCUT2D eigenvalue weighted by molar-refractivity contribution is 6.28. The molecule has 0 amide bonds. The number of ether oxygens (including phenoxy) is 2. The quantitative estimate of drug-likeness (QED) is 0.186. The Labute approximate surface area is 181 Å². The summed E-state index contributed by atoms with van der Waals surface area (Å²) in [6.45, 7) is 2.52. The van der Waals surface area contributed by atoms with Crippen molar-refractivity contribution >= 4 is 49.3 Å². The Morgan fingerprint density at radius 1 is 0.903 bits per heavy atom. The van der Waals surface area contributed by atoms with Crippen molar-refractivity contribution in [3.05, 3.63) is 66.2 Å². The smallest absolute Gasteiger partial charge is 0.340 e. The Balaban J connectivity index is 1.93. The zero-order valence-corrected chi connectivity index (χ0v) is 18.1. The van der Waals surface area contributed by atoms with Gasteiger partial charge in [-0.1, -0.05) is 49.7 Å². The summed E-state index contributed by atoms with van der Waals surface area (Å²) in [4.78, 5) is 13.2. The van der Waals surface area contributed by atoms with Gasteiger partial charge in [0.25, 0.3) is 0 Å². The number of carbonyl (C=O) groups is 1. The van der Waals surface area contributed by atoms with Crippen LogP contribution in [0.4, 0.5) is 0 Å². The van der Waals surface area contributed by atoms with Crippen molar-refractivity contribution in [3.8, 4) is 5.75 Å². The fourth-order valence-electron chi connectivity index (χ4n) is 4.64. The third kappa shape index (κ3) is 2.94. The van der Waals surface area contributed by atoms with Crippen molar-refractivity contribution in [1.29, 1.82) is 0 Å². The van der Waals surface area contributed by atoms with E-state index < -0.39 is 0 Å². The molecule has 0 N–H and O–H groups in total. The first-order valence-corrected chi connectivity index (χ1v) is 10.7. The second-order valence-corrected chi connectivity index (χ2v) is 7.93. The topological polar surface area (TPSA) is 40.5 Å². The number of carbonyl (C=O) groups excluding carboxylic acids is 1. The molecule has 0 radical (unpaired) electrons. The number of aromatic nitrogens is 1. The lowest BCUT2D eigenvalue weighted by atomic mass is 9.95. The average molecular weight is 412 g/mol. The van der Waals surface area contributed by atoms with E-state index in [0.29, 0.717) is 12.2 Å². The van der Waals surface area contributed by atoms with Gasteiger partial charge in [-0.2, -0.15) is 0 Å². The van der Waals surface area contributed by atoms with Crippen molar-refractivity contribution < 1.29 is 14.3 Å². The summed E-state index contributed by atoms with van der Waals surface area (Å²) in [5.41, 5.74) is 2.61. The number of methoxy groups -OCH3 is 1. The van der Waals surface area contributed by atoms with Crippen LogP contribution in [-0.4, -0.2) is 24.3 Å². The minimum Gasteiger partial charge on any atom is -0.496 e. The van der Waals surface area contributed by atoms with E-state index in [9.17, 15) is 4.79 Å². The summed E-state index contributed by atoms with van der Waals surface area (Å²) in [6.07, 6.45) is 1.84. The predicted octanol–water partition coefficient (Wildman–Crippen LogP) is 6.60. The molecule has 0 fully saturated rings. The largest absolute Gasteiger partial charge is 0.496 e. The molecular weight excluding hydrogens is 386 g/mol. The molecule has 156 valence electrons. The summed E-state index contributed by atoms with van der Waals surface area (Å²) >= 11 is 0. The van der Waals surface area contributed by atoms with Crippen LogP contribution in [0.1, 0.15) is 30.1 Å². The van der Waals surface area contributed by atoms with E-state index in [1.807, 2.05) is 37.4 Å². The molecule has 0 saturated carbocycles. The van der Waals surface area contributed by atoms with Crippen LogP contribution in [-0.2, 0) is 11.8 Å². The van der Waals surface area contributed by atoms with Gasteiger partial charge < -0.3 is 14.0 Å². The summed E-state index contributed by atoms with van der Waals surface area (Å²) < 4.78 is 13.3. The third-order valence-corrected chi connectivity index (χ3v) is 6.15. The van der Waals surface area contributed by atoms with Gasteiger partial charge in [0.05, 0.1) is 24.8 Å². The van der Waals surface area contributed by atoms with Crippen LogP contribution in [0.3, 0.4) is 0 Å². The number of para-hydroxylation sites is 1. The summed E-state index contributed by atoms with van der Waals surface area (Å²) in [5, 5.41) is 6.47. The van der Waals surface area contributed by atoms with Gasteiger partial charge in [0.15, 0.2) is 0 Å². The van der Waals surface area contributed by atoms with Crippen molar-refractivity contribution in [3.63, 3.8) is 0 Å². The first-order chi connectivity index (χ1) is 15.2. The minimum atomic E-state index is -0.272. The highest BCUT2D eigenvalue weighted by Gasteiger charge is 2.21. The number of nitrogens with zero attached hydrogens (tertiary/aromatic N) is 1. The zero-order valence-electron chi connectivity index (χ0n) is 18.1. The molecule has 0 aliphatic heterocycles. The molecule has 0 aliphatic rings. The van der Waals surface area contributed by atoms with E-state index in [1.54, 1.807) is 7.11 Å². The molecule has 0 unspecified atom stereocenters. The first kappa shape index (κ1) is 19.4. The summed E-state index contributed by atoms with van der Waals surface area (Å²) in [6, 6.07) is 20.6. The average Bonchev–Trinajstić information content (AvgIpc) is 3.11. The normalized spacial score (nSPS) is 11.6. The molecule has 0 bridgehead atoms. The van der Waals surface area contributed by atoms with Crippen LogP contribution >= 0.6 is 0 Å². The highest BCUT2D eigenvalue weighted by atomic mass is 16.5. The molecule has 0 aliphatic carbocycles. The van der Waals surface area contributed by atoms with Crippen LogP contribution in [0, 0.1) is 0 Å². The lowest BCUT2D eigenvalue weighted by molar-refractivity contribution is 0.0502. The maximum Gasteiger partial charge on any atom is 0.340 e. The van der Waals surface area contributed by atoms with Crippen LogP contribution in [0.15, 0.2) is 60.7 Å². The lowest BCUT2D eigenvalue weighted by Crippen LogP contribution is -2.08. The van der Waals surface area contributed by atoms with Crippen LogP contribution in [0.2, 0.25) is 0 Å². The lowest BCUT2D eigenvalue weighted by Gasteiger charge is -2.13. The molecule has 1 aromatic heterocycles. The van der Waals surface area contributed by atoms with Gasteiger partial charge in [0.1, 0.15) is 5.75 Å². The summed E-state index contributed by atoms with van der Waals surface area (Å²) in [5.74, 6) is 0.552. The number of unbranched alkanes of at least 4 members (excludes halogenated alkanes) is 1. The van der Waals surface area contributed by atoms with Crippen molar-refractivity contribution in [2.24, 2.45) is 7.05 Å². The number of hydrogen-bond donors (Lipinski definition) is 0. The van der Waals surface area contributed by atoms with Gasteiger partial charge in [-0.15, -0.1) is 0 Å². The number of rotatable bonds is 5. The molecular formula is C27H25NO3. The van der Waals surface area contributed by atoms with Crippen LogP contribution < -0.4 is 4.74 Å². The molecule has 1 heterocycles. The van der Waals surface area contributed by atoms with Crippen molar-refractivity contribution in [1.82, 2.24) is 4.57 Å². The molecule has 5 aromatic rings. The Morgan fingerprint density at radius 3 is 2.48 bits per heavy atom. The van der Waals surface area contributed by atoms with Crippen LogP contribution in [0.25, 0.3) is 43.4 Å². The second-order valence-electron chi connectivity index (χ2n) is 7.93. The standard InChI is InChI=1S/C27H25NO3/c1-4-5-15-31-27(29)22-16-21-17-10-8-12-24(30-3)18(17)13-14-19(21)25-20-9-6-7-11-23(20)28(2)26(22)25/h6-14,16H,4-5,15H2,1-3H3. The van der Waals surface area contributed by atoms with Gasteiger partial charge in [-0.25, -0.2) is 4.79 Å². The van der Waals surface area contributed by atoms with Gasteiger partial charge in [-0.3, -0.25) is 0 Å². The van der Waals surface area contributed by atoms with Crippen LogP contribution in [0.5, 0.6) is 5.75 Å². The molecule has 4 nitrogen and oxygen atoms in total. The van der Waals surface area contributed by atoms with Crippen molar-refractivity contribution in [2.45, 2.75) is 19.8 Å². The minimum absolute atomic E-state index is 0.272. The number of esters is 1. The molecule has 0 spiro atoms. The van der Waals surface area contributed by atoms with Gasteiger partial charge in [0.2, 0.25) is 0 Å². The second kappa shape index (κ2) is 7.62. The Bertz CT molecular complexity index is 1460. The molecule has 31 heavy (non-hydrogen) atoms. The van der Waals surface area contributed by atoms with Gasteiger partial charge >= 0.3 is 5.97 Å². The molecule has 0 saturated heterocycles. The molecule has 4 heteroatoms. The maximum absolute atomic E-state index is 13.2. The monoisotopic (exact) mass is 411 g/mol. The highest BCUT2D eigenvalue weighted by Crippen LogP contribution is 2.40. The van der Waals surface area contributed by atoms with E-state index in [-0.39, 0.29) is 5.97 Å². The Kier molecular flexibility index (Phi) is 4.78. The Hall–Kier alpha value is -3.53. The fraction of sp³-hybridized carbons (Fsp3) is 0.222. The number of hydrogen-bond acceptors (Lipinski definition) is 3. The van der Waals surface area contributed by atoms with Gasteiger partial charge in [0, 0.05) is 28.7 Å². The molecule has 0 atom stereocenters. The fourth-order valence-corrected chi connectivity index (χ4v) is 4.64. The van der Waals surface area contributed by atoms with E-state index >= 15 is 0 Å². The SMILES string of the molecule is CCCCOC(=O)c1cc2c3cccc(OC)c3ccc2c2c3ccccc3n(C)c12. The van der Waals surface area contributed by atoms with E-state index in [1.165, 1.54) is 0 Å². The van der Waals surface area contributed by atoms with Gasteiger partial charge in [-0.05, 0) is 46.8 Å². The van der Waals surface area contributed by atoms with E-state index in [0.717, 1.165) is 61.9 Å². The predicted molar refractivity (Wildman–Crippen MR) is 127 cm³/mol. The Morgan fingerprint density at radius 2 is 1.68 bits per heavy atom.